The van der Waals surface area contributed by atoms with Crippen LogP contribution in [0.25, 0.3) is 32.2 Å². The minimum Gasteiger partial charge on any atom is -0.359 e. The van der Waals surface area contributed by atoms with Gasteiger partial charge in [0, 0.05) is 23.5 Å². The summed E-state index contributed by atoms with van der Waals surface area (Å²) < 4.78 is 0. The van der Waals surface area contributed by atoms with Crippen molar-refractivity contribution < 1.29 is 0 Å². The topological polar surface area (TPSA) is 92.5 Å². The SMILES string of the molecule is Cc1n[nH]c2ccc(-c3nnc(NC[C@@H](N)Cc4cccc5ccccc45)s3)cc12. The number of aromatic amines is 1. The molecule has 5 aromatic rings. The standard InChI is InChI=1S/C23H22N6S/c1-14-20-12-17(9-10-21(20)27-26-14)22-28-29-23(30-22)25-13-18(24)11-16-7-4-6-15-5-2-3-8-19(15)16/h2-10,12,18H,11,13,24H2,1H3,(H,25,29)(H,26,27)/t18-/m0/s1. The Morgan fingerprint density at radius 1 is 1.03 bits per heavy atom. The molecule has 30 heavy (non-hydrogen) atoms. The van der Waals surface area contributed by atoms with Gasteiger partial charge >= 0.3 is 0 Å². The minimum atomic E-state index is -0.0203. The number of hydrogen-bond acceptors (Lipinski definition) is 6. The molecular formula is C23H22N6S. The third kappa shape index (κ3) is 3.65. The smallest absolute Gasteiger partial charge is 0.206 e. The minimum absolute atomic E-state index is 0.0203. The number of nitrogens with one attached hydrogen (secondary N) is 2. The van der Waals surface area contributed by atoms with Crippen LogP contribution in [0.3, 0.4) is 0 Å². The van der Waals surface area contributed by atoms with Crippen molar-refractivity contribution in [1.29, 1.82) is 0 Å². The number of nitrogens with two attached hydrogens (primary N) is 1. The lowest BCUT2D eigenvalue weighted by molar-refractivity contribution is 0.701. The number of H-pyrrole nitrogens is 1. The van der Waals surface area contributed by atoms with Gasteiger partial charge in [-0.3, -0.25) is 5.10 Å². The molecule has 0 saturated carbocycles. The molecular weight excluding hydrogens is 392 g/mol. The number of nitrogens with zero attached hydrogens (tertiary/aromatic N) is 3. The van der Waals surface area contributed by atoms with Gasteiger partial charge in [-0.1, -0.05) is 53.8 Å². The van der Waals surface area contributed by atoms with E-state index in [1.807, 2.05) is 19.1 Å². The Balaban J connectivity index is 1.26. The van der Waals surface area contributed by atoms with E-state index in [0.29, 0.717) is 6.54 Å². The van der Waals surface area contributed by atoms with E-state index in [1.165, 1.54) is 27.7 Å². The maximum Gasteiger partial charge on any atom is 0.206 e. The first-order valence-electron chi connectivity index (χ1n) is 9.92. The van der Waals surface area contributed by atoms with E-state index in [0.717, 1.165) is 38.7 Å². The second-order valence-electron chi connectivity index (χ2n) is 7.47. The summed E-state index contributed by atoms with van der Waals surface area (Å²) in [6.07, 6.45) is 0.802. The first-order valence-corrected chi connectivity index (χ1v) is 10.7. The molecule has 0 unspecified atom stereocenters. The van der Waals surface area contributed by atoms with Crippen molar-refractivity contribution in [3.8, 4) is 10.6 Å². The van der Waals surface area contributed by atoms with Gasteiger partial charge in [0.1, 0.15) is 5.01 Å². The van der Waals surface area contributed by atoms with Crippen molar-refractivity contribution in [1.82, 2.24) is 20.4 Å². The second kappa shape index (κ2) is 7.85. The van der Waals surface area contributed by atoms with Crippen LogP contribution < -0.4 is 11.1 Å². The first-order chi connectivity index (χ1) is 14.7. The molecule has 7 heteroatoms. The average molecular weight is 415 g/mol. The van der Waals surface area contributed by atoms with E-state index >= 15 is 0 Å². The molecule has 0 aliphatic heterocycles. The van der Waals surface area contributed by atoms with E-state index in [-0.39, 0.29) is 6.04 Å². The van der Waals surface area contributed by atoms with Crippen molar-refractivity contribution >= 4 is 38.1 Å². The summed E-state index contributed by atoms with van der Waals surface area (Å²) in [6.45, 7) is 2.63. The highest BCUT2D eigenvalue weighted by atomic mass is 32.1. The van der Waals surface area contributed by atoms with Crippen molar-refractivity contribution in [2.24, 2.45) is 5.73 Å². The molecule has 4 N–H and O–H groups in total. The number of aromatic nitrogens is 4. The normalized spacial score (nSPS) is 12.5. The highest BCUT2D eigenvalue weighted by molar-refractivity contribution is 7.18. The lowest BCUT2D eigenvalue weighted by atomic mass is 9.99. The Morgan fingerprint density at radius 2 is 1.90 bits per heavy atom. The quantitative estimate of drug-likeness (QED) is 0.380. The van der Waals surface area contributed by atoms with Crippen LogP contribution in [0.15, 0.2) is 60.7 Å². The summed E-state index contributed by atoms with van der Waals surface area (Å²) in [7, 11) is 0. The molecule has 0 radical (unpaired) electrons. The van der Waals surface area contributed by atoms with Crippen LogP contribution in [0.5, 0.6) is 0 Å². The Kier molecular flexibility index (Phi) is 4.90. The van der Waals surface area contributed by atoms with Gasteiger partial charge < -0.3 is 11.1 Å². The van der Waals surface area contributed by atoms with E-state index < -0.39 is 0 Å². The third-order valence-corrected chi connectivity index (χ3v) is 6.23. The van der Waals surface area contributed by atoms with Crippen LogP contribution in [-0.2, 0) is 6.42 Å². The lowest BCUT2D eigenvalue weighted by Crippen LogP contribution is -2.31. The highest BCUT2D eigenvalue weighted by Crippen LogP contribution is 2.29. The predicted octanol–water partition coefficient (Wildman–Crippen LogP) is 4.52. The Labute approximate surface area is 178 Å². The fourth-order valence-electron chi connectivity index (χ4n) is 3.73. The molecule has 150 valence electrons. The van der Waals surface area contributed by atoms with E-state index in [2.05, 4.69) is 74.2 Å². The molecule has 0 fully saturated rings. The fourth-order valence-corrected chi connectivity index (χ4v) is 4.48. The Morgan fingerprint density at radius 3 is 2.83 bits per heavy atom. The Hall–Kier alpha value is -3.29. The number of benzene rings is 3. The fraction of sp³-hybridized carbons (Fsp3) is 0.174. The molecule has 0 saturated heterocycles. The molecule has 3 aromatic carbocycles. The molecule has 2 aromatic heterocycles. The summed E-state index contributed by atoms with van der Waals surface area (Å²) in [4.78, 5) is 0. The summed E-state index contributed by atoms with van der Waals surface area (Å²) in [6, 6.07) is 20.9. The van der Waals surface area contributed by atoms with Gasteiger partial charge in [-0.15, -0.1) is 10.2 Å². The molecule has 5 rings (SSSR count). The van der Waals surface area contributed by atoms with Gasteiger partial charge in [0.15, 0.2) is 0 Å². The third-order valence-electron chi connectivity index (χ3n) is 5.30. The van der Waals surface area contributed by atoms with Gasteiger partial charge in [-0.2, -0.15) is 5.10 Å². The van der Waals surface area contributed by atoms with Crippen molar-refractivity contribution in [2.45, 2.75) is 19.4 Å². The molecule has 0 aliphatic carbocycles. The number of rotatable bonds is 6. The highest BCUT2D eigenvalue weighted by Gasteiger charge is 2.11. The average Bonchev–Trinajstić information content (AvgIpc) is 3.39. The maximum absolute atomic E-state index is 6.41. The van der Waals surface area contributed by atoms with Crippen LogP contribution in [0.1, 0.15) is 11.3 Å². The maximum atomic E-state index is 6.41. The van der Waals surface area contributed by atoms with E-state index in [9.17, 15) is 0 Å². The van der Waals surface area contributed by atoms with Crippen LogP contribution in [0, 0.1) is 6.92 Å². The summed E-state index contributed by atoms with van der Waals surface area (Å²) >= 11 is 1.53. The molecule has 1 atom stereocenters. The number of fused-ring (bicyclic) bond motifs is 2. The largest absolute Gasteiger partial charge is 0.359 e. The van der Waals surface area contributed by atoms with Crippen molar-refractivity contribution in [3.05, 3.63) is 71.9 Å². The van der Waals surface area contributed by atoms with Gasteiger partial charge in [0.05, 0.1) is 11.2 Å². The van der Waals surface area contributed by atoms with Crippen molar-refractivity contribution in [2.75, 3.05) is 11.9 Å². The van der Waals surface area contributed by atoms with Gasteiger partial charge in [-0.25, -0.2) is 0 Å². The van der Waals surface area contributed by atoms with E-state index in [4.69, 9.17) is 5.73 Å². The number of anilines is 1. The number of hydrogen-bond donors (Lipinski definition) is 3. The zero-order chi connectivity index (χ0) is 20.5. The second-order valence-corrected chi connectivity index (χ2v) is 8.44. The molecule has 0 spiro atoms. The van der Waals surface area contributed by atoms with Crippen molar-refractivity contribution in [3.63, 3.8) is 0 Å². The molecule has 0 amide bonds. The number of aryl methyl sites for hydroxylation is 1. The summed E-state index contributed by atoms with van der Waals surface area (Å²) in [5, 5.41) is 24.5. The van der Waals surface area contributed by atoms with Gasteiger partial charge in [-0.05, 0) is 47.9 Å². The zero-order valence-electron chi connectivity index (χ0n) is 16.6. The van der Waals surface area contributed by atoms with Gasteiger partial charge in [0.25, 0.3) is 0 Å². The molecule has 0 bridgehead atoms. The van der Waals surface area contributed by atoms with Crippen LogP contribution in [0.2, 0.25) is 0 Å². The first kappa shape index (κ1) is 18.7. The van der Waals surface area contributed by atoms with Gasteiger partial charge in [0.2, 0.25) is 5.13 Å². The zero-order valence-corrected chi connectivity index (χ0v) is 17.4. The predicted molar refractivity (Wildman–Crippen MR) is 124 cm³/mol. The molecule has 2 heterocycles. The molecule has 0 aliphatic rings. The summed E-state index contributed by atoms with van der Waals surface area (Å²) in [5.41, 5.74) is 10.7. The van der Waals surface area contributed by atoms with Crippen LogP contribution in [0.4, 0.5) is 5.13 Å². The van der Waals surface area contributed by atoms with Crippen LogP contribution >= 0.6 is 11.3 Å². The summed E-state index contributed by atoms with van der Waals surface area (Å²) in [5.74, 6) is 0. The van der Waals surface area contributed by atoms with Crippen LogP contribution in [-0.4, -0.2) is 33.0 Å². The molecule has 6 nitrogen and oxygen atoms in total. The monoisotopic (exact) mass is 414 g/mol. The Bertz CT molecular complexity index is 1320. The van der Waals surface area contributed by atoms with E-state index in [1.54, 1.807) is 0 Å². The lowest BCUT2D eigenvalue weighted by Gasteiger charge is -2.13.